The molecule has 4 nitrogen and oxygen atoms in total. The first-order chi connectivity index (χ1) is 8.70. The fourth-order valence-electron chi connectivity index (χ4n) is 1.52. The van der Waals surface area contributed by atoms with Crippen LogP contribution in [0.4, 0.5) is 10.1 Å². The summed E-state index contributed by atoms with van der Waals surface area (Å²) < 4.78 is 18.6. The number of carbonyl (C=O) groups excluding carboxylic acids is 1. The molecular formula is C13H13FN2O2. The standard InChI is InChI=1S/C13H13FN2O2/c1-15-8-9-6-7-12(18-9)13(17)16-11-5-3-2-4-10(11)14/h2-7,15H,8H2,1H3,(H,16,17). The molecule has 0 aliphatic rings. The van der Waals surface area contributed by atoms with E-state index in [9.17, 15) is 9.18 Å². The SMILES string of the molecule is CNCc1ccc(C(=O)Nc2ccccc2F)o1. The normalized spacial score (nSPS) is 10.3. The van der Waals surface area contributed by atoms with Gasteiger partial charge in [0.25, 0.3) is 5.91 Å². The van der Waals surface area contributed by atoms with Crippen LogP contribution in [0.5, 0.6) is 0 Å². The molecule has 0 atom stereocenters. The van der Waals surface area contributed by atoms with Gasteiger partial charge in [0.1, 0.15) is 11.6 Å². The predicted molar refractivity (Wildman–Crippen MR) is 65.8 cm³/mol. The molecule has 1 heterocycles. The average Bonchev–Trinajstić information content (AvgIpc) is 2.81. The van der Waals surface area contributed by atoms with E-state index < -0.39 is 11.7 Å². The summed E-state index contributed by atoms with van der Waals surface area (Å²) in [6.07, 6.45) is 0. The van der Waals surface area contributed by atoms with Crippen LogP contribution in [0.15, 0.2) is 40.8 Å². The summed E-state index contributed by atoms with van der Waals surface area (Å²) in [5, 5.41) is 5.36. The third-order valence-electron chi connectivity index (χ3n) is 2.36. The highest BCUT2D eigenvalue weighted by Crippen LogP contribution is 2.15. The number of nitrogens with one attached hydrogen (secondary N) is 2. The number of carbonyl (C=O) groups is 1. The lowest BCUT2D eigenvalue weighted by molar-refractivity contribution is 0.0994. The van der Waals surface area contributed by atoms with Crippen LogP contribution in [0.2, 0.25) is 0 Å². The Labute approximate surface area is 104 Å². The molecule has 2 rings (SSSR count). The number of para-hydroxylation sites is 1. The van der Waals surface area contributed by atoms with E-state index in [1.807, 2.05) is 0 Å². The van der Waals surface area contributed by atoms with Crippen molar-refractivity contribution in [2.24, 2.45) is 0 Å². The van der Waals surface area contributed by atoms with Crippen LogP contribution in [0.25, 0.3) is 0 Å². The summed E-state index contributed by atoms with van der Waals surface area (Å²) in [7, 11) is 1.78. The molecule has 1 amide bonds. The molecule has 0 aliphatic heterocycles. The topological polar surface area (TPSA) is 54.3 Å². The largest absolute Gasteiger partial charge is 0.455 e. The Kier molecular flexibility index (Phi) is 3.74. The number of furan rings is 1. The maximum atomic E-state index is 13.3. The molecule has 0 spiro atoms. The molecule has 0 bridgehead atoms. The average molecular weight is 248 g/mol. The van der Waals surface area contributed by atoms with Crippen LogP contribution in [-0.2, 0) is 6.54 Å². The molecule has 5 heteroatoms. The second-order valence-electron chi connectivity index (χ2n) is 3.73. The smallest absolute Gasteiger partial charge is 0.291 e. The Morgan fingerprint density at radius 1 is 1.28 bits per heavy atom. The summed E-state index contributed by atoms with van der Waals surface area (Å²) in [5.74, 6) is -0.144. The Bertz CT molecular complexity index is 551. The quantitative estimate of drug-likeness (QED) is 0.873. The predicted octanol–water partition coefficient (Wildman–Crippen LogP) is 2.39. The number of anilines is 1. The van der Waals surface area contributed by atoms with Gasteiger partial charge in [-0.05, 0) is 31.3 Å². The van der Waals surface area contributed by atoms with Gasteiger partial charge >= 0.3 is 0 Å². The van der Waals surface area contributed by atoms with Gasteiger partial charge in [-0.3, -0.25) is 4.79 Å². The molecule has 1 aromatic heterocycles. The maximum absolute atomic E-state index is 13.3. The number of hydrogen-bond acceptors (Lipinski definition) is 3. The summed E-state index contributed by atoms with van der Waals surface area (Å²) in [6.45, 7) is 0.535. The first-order valence-electron chi connectivity index (χ1n) is 5.50. The van der Waals surface area contributed by atoms with Crippen molar-refractivity contribution < 1.29 is 13.6 Å². The summed E-state index contributed by atoms with van der Waals surface area (Å²) in [4.78, 5) is 11.8. The number of rotatable bonds is 4. The van der Waals surface area contributed by atoms with Gasteiger partial charge < -0.3 is 15.1 Å². The van der Waals surface area contributed by atoms with Gasteiger partial charge in [-0.2, -0.15) is 0 Å². The third kappa shape index (κ3) is 2.75. The molecule has 1 aromatic carbocycles. The van der Waals surface area contributed by atoms with Gasteiger partial charge in [-0.25, -0.2) is 4.39 Å². The van der Waals surface area contributed by atoms with Crippen molar-refractivity contribution >= 4 is 11.6 Å². The molecule has 0 saturated carbocycles. The molecule has 0 unspecified atom stereocenters. The van der Waals surface area contributed by atoms with Crippen LogP contribution >= 0.6 is 0 Å². The van der Waals surface area contributed by atoms with Gasteiger partial charge in [0, 0.05) is 0 Å². The lowest BCUT2D eigenvalue weighted by Crippen LogP contribution is -2.12. The minimum Gasteiger partial charge on any atom is -0.455 e. The summed E-state index contributed by atoms with van der Waals surface area (Å²) in [6, 6.07) is 9.24. The van der Waals surface area contributed by atoms with Gasteiger partial charge in [0.05, 0.1) is 12.2 Å². The fourth-order valence-corrected chi connectivity index (χ4v) is 1.52. The second kappa shape index (κ2) is 5.46. The zero-order valence-electron chi connectivity index (χ0n) is 9.87. The molecule has 0 aliphatic carbocycles. The lowest BCUT2D eigenvalue weighted by atomic mass is 10.3. The van der Waals surface area contributed by atoms with Gasteiger partial charge in [-0.1, -0.05) is 12.1 Å². The van der Waals surface area contributed by atoms with Crippen LogP contribution in [-0.4, -0.2) is 13.0 Å². The maximum Gasteiger partial charge on any atom is 0.291 e. The van der Waals surface area contributed by atoms with Crippen LogP contribution in [0, 0.1) is 5.82 Å². The molecule has 2 N–H and O–H groups in total. The summed E-state index contributed by atoms with van der Waals surface area (Å²) in [5.41, 5.74) is 0.133. The van der Waals surface area contributed by atoms with Crippen LogP contribution in [0.1, 0.15) is 16.3 Å². The molecule has 0 fully saturated rings. The van der Waals surface area contributed by atoms with Crippen molar-refractivity contribution in [1.29, 1.82) is 0 Å². The second-order valence-corrected chi connectivity index (χ2v) is 3.73. The van der Waals surface area contributed by atoms with E-state index in [4.69, 9.17) is 4.42 Å². The zero-order chi connectivity index (χ0) is 13.0. The first kappa shape index (κ1) is 12.3. The number of halogens is 1. The van der Waals surface area contributed by atoms with Crippen LogP contribution in [0.3, 0.4) is 0 Å². The van der Waals surface area contributed by atoms with Gasteiger partial charge in [0.2, 0.25) is 0 Å². The fraction of sp³-hybridized carbons (Fsp3) is 0.154. The molecule has 18 heavy (non-hydrogen) atoms. The van der Waals surface area contributed by atoms with E-state index in [1.165, 1.54) is 12.1 Å². The van der Waals surface area contributed by atoms with E-state index in [-0.39, 0.29) is 11.4 Å². The number of benzene rings is 1. The van der Waals surface area contributed by atoms with Crippen molar-refractivity contribution in [3.05, 3.63) is 53.7 Å². The molecule has 0 saturated heterocycles. The van der Waals surface area contributed by atoms with E-state index >= 15 is 0 Å². The molecule has 94 valence electrons. The minimum absolute atomic E-state index is 0.133. The summed E-state index contributed by atoms with van der Waals surface area (Å²) >= 11 is 0. The van der Waals surface area contributed by atoms with E-state index in [0.29, 0.717) is 12.3 Å². The zero-order valence-corrected chi connectivity index (χ0v) is 9.87. The Hall–Kier alpha value is -2.14. The third-order valence-corrected chi connectivity index (χ3v) is 2.36. The van der Waals surface area contributed by atoms with E-state index in [2.05, 4.69) is 10.6 Å². The Morgan fingerprint density at radius 3 is 2.78 bits per heavy atom. The van der Waals surface area contributed by atoms with Crippen molar-refractivity contribution in [3.63, 3.8) is 0 Å². The highest BCUT2D eigenvalue weighted by Gasteiger charge is 2.12. The van der Waals surface area contributed by atoms with Gasteiger partial charge in [0.15, 0.2) is 5.76 Å². The Morgan fingerprint density at radius 2 is 2.06 bits per heavy atom. The number of amides is 1. The van der Waals surface area contributed by atoms with Crippen molar-refractivity contribution in [3.8, 4) is 0 Å². The lowest BCUT2D eigenvalue weighted by Gasteiger charge is -2.03. The Balaban J connectivity index is 2.10. The highest BCUT2D eigenvalue weighted by atomic mass is 19.1. The number of hydrogen-bond donors (Lipinski definition) is 2. The molecule has 2 aromatic rings. The monoisotopic (exact) mass is 248 g/mol. The highest BCUT2D eigenvalue weighted by molar-refractivity contribution is 6.02. The molecule has 0 radical (unpaired) electrons. The first-order valence-corrected chi connectivity index (χ1v) is 5.50. The van der Waals surface area contributed by atoms with Crippen LogP contribution < -0.4 is 10.6 Å². The van der Waals surface area contributed by atoms with Crippen molar-refractivity contribution in [1.82, 2.24) is 5.32 Å². The minimum atomic E-state index is -0.479. The van der Waals surface area contributed by atoms with Gasteiger partial charge in [-0.15, -0.1) is 0 Å². The van der Waals surface area contributed by atoms with Crippen molar-refractivity contribution in [2.75, 3.05) is 12.4 Å². The molecular weight excluding hydrogens is 235 g/mol. The van der Waals surface area contributed by atoms with Crippen molar-refractivity contribution in [2.45, 2.75) is 6.54 Å². The van der Waals surface area contributed by atoms with E-state index in [1.54, 1.807) is 31.3 Å². The van der Waals surface area contributed by atoms with E-state index in [0.717, 1.165) is 0 Å².